The van der Waals surface area contributed by atoms with Crippen LogP contribution in [0.3, 0.4) is 0 Å². The summed E-state index contributed by atoms with van der Waals surface area (Å²) in [5.74, 6) is -3.35. The number of nitrogens with zero attached hydrogens (tertiary/aromatic N) is 2. The number of hydrogen-bond acceptors (Lipinski definition) is 5. The fraction of sp³-hybridized carbons (Fsp3) is 0.0952. The number of aromatic nitrogens is 2. The summed E-state index contributed by atoms with van der Waals surface area (Å²) in [4.78, 5) is 19.4. The lowest BCUT2D eigenvalue weighted by molar-refractivity contribution is -0.130. The standard InChI is InChI=1S/C21H16F2N2O4/c1-12(2)19(21(26)27)13-6-3-4-9-16(13)28-17-10-18(25-11-24-17)29-20-14(22)7-5-8-15(20)23/h3-11H,1-2H3,(H,26,27). The van der Waals surface area contributed by atoms with Gasteiger partial charge in [0.05, 0.1) is 11.6 Å². The van der Waals surface area contributed by atoms with Crippen molar-refractivity contribution < 1.29 is 28.2 Å². The third kappa shape index (κ3) is 4.55. The van der Waals surface area contributed by atoms with Crippen LogP contribution in [0.1, 0.15) is 19.4 Å². The number of para-hydroxylation sites is 2. The highest BCUT2D eigenvalue weighted by Crippen LogP contribution is 2.33. The van der Waals surface area contributed by atoms with Crippen LogP contribution in [0.25, 0.3) is 5.57 Å². The Labute approximate surface area is 165 Å². The first-order chi connectivity index (χ1) is 13.9. The lowest BCUT2D eigenvalue weighted by Crippen LogP contribution is -2.04. The summed E-state index contributed by atoms with van der Waals surface area (Å²) in [6, 6.07) is 11.1. The molecule has 1 N–H and O–H groups in total. The average molecular weight is 398 g/mol. The molecule has 3 aromatic rings. The highest BCUT2D eigenvalue weighted by molar-refractivity contribution is 6.17. The molecule has 2 aromatic carbocycles. The van der Waals surface area contributed by atoms with E-state index in [9.17, 15) is 18.7 Å². The zero-order chi connectivity index (χ0) is 21.0. The van der Waals surface area contributed by atoms with Gasteiger partial charge in [0.25, 0.3) is 0 Å². The third-order valence-electron chi connectivity index (χ3n) is 3.83. The van der Waals surface area contributed by atoms with Crippen molar-refractivity contribution in [2.45, 2.75) is 13.8 Å². The van der Waals surface area contributed by atoms with Gasteiger partial charge in [-0.3, -0.25) is 0 Å². The molecule has 0 aliphatic heterocycles. The van der Waals surface area contributed by atoms with E-state index in [-0.39, 0.29) is 23.1 Å². The molecule has 0 unspecified atom stereocenters. The molecule has 0 aliphatic carbocycles. The molecule has 29 heavy (non-hydrogen) atoms. The van der Waals surface area contributed by atoms with Crippen LogP contribution in [0.2, 0.25) is 0 Å². The number of aliphatic carboxylic acids is 1. The summed E-state index contributed by atoms with van der Waals surface area (Å²) < 4.78 is 38.5. The summed E-state index contributed by atoms with van der Waals surface area (Å²) in [5.41, 5.74) is 1.05. The van der Waals surface area contributed by atoms with Crippen LogP contribution in [0.5, 0.6) is 23.3 Å². The van der Waals surface area contributed by atoms with Crippen LogP contribution in [0.15, 0.2) is 60.4 Å². The van der Waals surface area contributed by atoms with Gasteiger partial charge in [0.2, 0.25) is 17.5 Å². The topological polar surface area (TPSA) is 81.5 Å². The number of carboxylic acids is 1. The fourth-order valence-corrected chi connectivity index (χ4v) is 2.59. The number of halogens is 2. The van der Waals surface area contributed by atoms with E-state index < -0.39 is 23.4 Å². The van der Waals surface area contributed by atoms with Crippen LogP contribution in [0, 0.1) is 11.6 Å². The number of carboxylic acid groups (broad SMARTS) is 1. The Morgan fingerprint density at radius 1 is 0.931 bits per heavy atom. The van der Waals surface area contributed by atoms with Crippen LogP contribution in [0.4, 0.5) is 8.78 Å². The van der Waals surface area contributed by atoms with Crippen molar-refractivity contribution in [1.82, 2.24) is 9.97 Å². The van der Waals surface area contributed by atoms with Gasteiger partial charge in [-0.25, -0.2) is 23.5 Å². The number of benzene rings is 2. The van der Waals surface area contributed by atoms with Crippen molar-refractivity contribution >= 4 is 11.5 Å². The monoisotopic (exact) mass is 398 g/mol. The fourth-order valence-electron chi connectivity index (χ4n) is 2.59. The number of hydrogen-bond donors (Lipinski definition) is 1. The van der Waals surface area contributed by atoms with Crippen molar-refractivity contribution in [3.05, 3.63) is 77.6 Å². The number of carbonyl (C=O) groups is 1. The smallest absolute Gasteiger partial charge is 0.336 e. The van der Waals surface area contributed by atoms with Gasteiger partial charge in [-0.15, -0.1) is 0 Å². The Balaban J connectivity index is 1.93. The van der Waals surface area contributed by atoms with E-state index in [1.165, 1.54) is 12.1 Å². The van der Waals surface area contributed by atoms with Crippen LogP contribution < -0.4 is 9.47 Å². The lowest BCUT2D eigenvalue weighted by Gasteiger charge is -2.13. The molecule has 0 spiro atoms. The molecule has 148 valence electrons. The average Bonchev–Trinajstić information content (AvgIpc) is 2.66. The van der Waals surface area contributed by atoms with Gasteiger partial charge < -0.3 is 14.6 Å². The van der Waals surface area contributed by atoms with Gasteiger partial charge in [0.1, 0.15) is 12.1 Å². The Morgan fingerprint density at radius 2 is 1.55 bits per heavy atom. The van der Waals surface area contributed by atoms with Crippen molar-refractivity contribution in [2.75, 3.05) is 0 Å². The molecule has 0 aliphatic rings. The van der Waals surface area contributed by atoms with Gasteiger partial charge in [-0.05, 0) is 32.0 Å². The first-order valence-electron chi connectivity index (χ1n) is 8.48. The van der Waals surface area contributed by atoms with E-state index in [1.807, 2.05) is 0 Å². The maximum Gasteiger partial charge on any atom is 0.336 e. The van der Waals surface area contributed by atoms with Gasteiger partial charge in [-0.2, -0.15) is 0 Å². The number of rotatable bonds is 6. The first-order valence-corrected chi connectivity index (χ1v) is 8.48. The molecule has 1 aromatic heterocycles. The molecule has 0 amide bonds. The predicted octanol–water partition coefficient (Wildman–Crippen LogP) is 5.22. The molecule has 3 rings (SSSR count). The van der Waals surface area contributed by atoms with Crippen molar-refractivity contribution in [3.8, 4) is 23.3 Å². The molecular weight excluding hydrogens is 382 g/mol. The van der Waals surface area contributed by atoms with E-state index in [0.29, 0.717) is 11.1 Å². The summed E-state index contributed by atoms with van der Waals surface area (Å²) in [6.07, 6.45) is 1.10. The molecule has 0 atom stereocenters. The molecule has 0 saturated carbocycles. The molecule has 0 fully saturated rings. The zero-order valence-electron chi connectivity index (χ0n) is 15.5. The largest absolute Gasteiger partial charge is 0.478 e. The minimum absolute atomic E-state index is 0.0118. The predicted molar refractivity (Wildman–Crippen MR) is 101 cm³/mol. The zero-order valence-corrected chi connectivity index (χ0v) is 15.5. The van der Waals surface area contributed by atoms with Gasteiger partial charge in [0.15, 0.2) is 11.6 Å². The first kappa shape index (κ1) is 19.9. The van der Waals surface area contributed by atoms with E-state index in [4.69, 9.17) is 9.47 Å². The molecular formula is C21H16F2N2O4. The molecule has 0 radical (unpaired) electrons. The number of allylic oxidation sites excluding steroid dienone is 1. The molecule has 0 saturated heterocycles. The summed E-state index contributed by atoms with van der Waals surface area (Å²) in [7, 11) is 0. The molecule has 6 nitrogen and oxygen atoms in total. The van der Waals surface area contributed by atoms with E-state index in [2.05, 4.69) is 9.97 Å². The van der Waals surface area contributed by atoms with Crippen LogP contribution in [-0.4, -0.2) is 21.0 Å². The van der Waals surface area contributed by atoms with Gasteiger partial charge in [0, 0.05) is 5.56 Å². The highest BCUT2D eigenvalue weighted by atomic mass is 19.1. The lowest BCUT2D eigenvalue weighted by atomic mass is 10.0. The Morgan fingerprint density at radius 3 is 2.17 bits per heavy atom. The van der Waals surface area contributed by atoms with Crippen LogP contribution in [-0.2, 0) is 4.79 Å². The van der Waals surface area contributed by atoms with Gasteiger partial charge in [-0.1, -0.05) is 29.8 Å². The second-order valence-electron chi connectivity index (χ2n) is 6.13. The summed E-state index contributed by atoms with van der Waals surface area (Å²) in [5, 5.41) is 9.52. The molecule has 0 bridgehead atoms. The number of ether oxygens (including phenoxy) is 2. The van der Waals surface area contributed by atoms with E-state index in [1.54, 1.807) is 38.1 Å². The Kier molecular flexibility index (Phi) is 5.82. The summed E-state index contributed by atoms with van der Waals surface area (Å²) in [6.45, 7) is 3.36. The maximum atomic E-state index is 13.8. The second kappa shape index (κ2) is 8.47. The Bertz CT molecular complexity index is 1080. The highest BCUT2D eigenvalue weighted by Gasteiger charge is 2.18. The quantitative estimate of drug-likeness (QED) is 0.574. The maximum absolute atomic E-state index is 13.8. The minimum Gasteiger partial charge on any atom is -0.478 e. The van der Waals surface area contributed by atoms with Crippen molar-refractivity contribution in [2.24, 2.45) is 0 Å². The minimum atomic E-state index is -1.09. The normalized spacial score (nSPS) is 10.3. The van der Waals surface area contributed by atoms with Crippen molar-refractivity contribution in [3.63, 3.8) is 0 Å². The summed E-state index contributed by atoms with van der Waals surface area (Å²) >= 11 is 0. The molecule has 8 heteroatoms. The molecule has 1 heterocycles. The van der Waals surface area contributed by atoms with Crippen LogP contribution >= 0.6 is 0 Å². The SMILES string of the molecule is CC(C)=C(C(=O)O)c1ccccc1Oc1cc(Oc2c(F)cccc2F)ncn1. The third-order valence-corrected chi connectivity index (χ3v) is 3.83. The second-order valence-corrected chi connectivity index (χ2v) is 6.13. The van der Waals surface area contributed by atoms with Crippen molar-refractivity contribution in [1.29, 1.82) is 0 Å². The van der Waals surface area contributed by atoms with E-state index in [0.717, 1.165) is 18.5 Å². The van der Waals surface area contributed by atoms with E-state index >= 15 is 0 Å². The Hall–Kier alpha value is -3.81. The van der Waals surface area contributed by atoms with Gasteiger partial charge >= 0.3 is 5.97 Å².